The third-order valence-corrected chi connectivity index (χ3v) is 6.96. The van der Waals surface area contributed by atoms with Gasteiger partial charge in [-0.15, -0.1) is 11.8 Å². The van der Waals surface area contributed by atoms with Gasteiger partial charge in [0, 0.05) is 23.3 Å². The van der Waals surface area contributed by atoms with Crippen LogP contribution in [0, 0.1) is 6.92 Å². The number of carbonyl (C=O) groups is 1. The summed E-state index contributed by atoms with van der Waals surface area (Å²) in [6.07, 6.45) is 4.17. The number of hydrogen-bond donors (Lipinski definition) is 1. The maximum absolute atomic E-state index is 13.6. The lowest BCUT2D eigenvalue weighted by molar-refractivity contribution is 0.180. The van der Waals surface area contributed by atoms with Gasteiger partial charge in [-0.2, -0.15) is 0 Å². The fraction of sp³-hybridized carbons (Fsp3) is 0.179. The molecular formula is C28H27N3OS. The average molecular weight is 454 g/mol. The number of nitrogens with one attached hydrogen (secondary N) is 1. The van der Waals surface area contributed by atoms with E-state index in [2.05, 4.69) is 108 Å². The molecule has 0 aliphatic carbocycles. The van der Waals surface area contributed by atoms with Crippen LogP contribution in [0.15, 0.2) is 96.0 Å². The van der Waals surface area contributed by atoms with E-state index < -0.39 is 0 Å². The molecular weight excluding hydrogens is 426 g/mol. The van der Waals surface area contributed by atoms with Gasteiger partial charge in [-0.1, -0.05) is 60.2 Å². The van der Waals surface area contributed by atoms with E-state index >= 15 is 0 Å². The molecule has 2 amide bonds. The van der Waals surface area contributed by atoms with Gasteiger partial charge in [0.1, 0.15) is 0 Å². The van der Waals surface area contributed by atoms with Crippen LogP contribution in [0.5, 0.6) is 0 Å². The molecule has 5 rings (SSSR count). The zero-order chi connectivity index (χ0) is 22.8. The molecule has 1 aliphatic rings. The van der Waals surface area contributed by atoms with Gasteiger partial charge < -0.3 is 14.8 Å². The molecule has 5 heteroatoms. The Hall–Kier alpha value is -3.44. The number of benzene rings is 3. The number of aryl methyl sites for hydroxylation is 1. The SMILES string of the molecule is CSc1ccc([C@H]2c3cccn3-c3ccccc3CN2C(=O)NCc2ccc(C)cc2)cc1. The normalized spacial score (nSPS) is 14.8. The van der Waals surface area contributed by atoms with Gasteiger partial charge in [0.15, 0.2) is 0 Å². The molecule has 0 radical (unpaired) electrons. The fourth-order valence-corrected chi connectivity index (χ4v) is 4.87. The summed E-state index contributed by atoms with van der Waals surface area (Å²) in [5.74, 6) is 0. The second kappa shape index (κ2) is 9.20. The van der Waals surface area contributed by atoms with E-state index in [9.17, 15) is 4.79 Å². The minimum absolute atomic E-state index is 0.0704. The van der Waals surface area contributed by atoms with Crippen LogP contribution in [0.4, 0.5) is 4.79 Å². The van der Waals surface area contributed by atoms with Crippen molar-refractivity contribution in [3.05, 3.63) is 119 Å². The molecule has 3 aromatic carbocycles. The van der Waals surface area contributed by atoms with Crippen molar-refractivity contribution >= 4 is 17.8 Å². The van der Waals surface area contributed by atoms with Crippen LogP contribution in [0.3, 0.4) is 0 Å². The van der Waals surface area contributed by atoms with Crippen molar-refractivity contribution in [1.82, 2.24) is 14.8 Å². The predicted molar refractivity (Wildman–Crippen MR) is 135 cm³/mol. The van der Waals surface area contributed by atoms with Crippen LogP contribution >= 0.6 is 11.8 Å². The molecule has 0 saturated carbocycles. The lowest BCUT2D eigenvalue weighted by Crippen LogP contribution is -2.41. The quantitative estimate of drug-likeness (QED) is 0.367. The molecule has 1 N–H and O–H groups in total. The van der Waals surface area contributed by atoms with Gasteiger partial charge in [0.25, 0.3) is 0 Å². The van der Waals surface area contributed by atoms with Crippen molar-refractivity contribution in [1.29, 1.82) is 0 Å². The highest BCUT2D eigenvalue weighted by molar-refractivity contribution is 7.98. The Morgan fingerprint density at radius 3 is 2.48 bits per heavy atom. The summed E-state index contributed by atoms with van der Waals surface area (Å²) in [6, 6.07) is 29.1. The molecule has 0 saturated heterocycles. The Morgan fingerprint density at radius 2 is 1.73 bits per heavy atom. The molecule has 0 bridgehead atoms. The molecule has 33 heavy (non-hydrogen) atoms. The Bertz CT molecular complexity index is 1260. The summed E-state index contributed by atoms with van der Waals surface area (Å²) in [7, 11) is 0. The van der Waals surface area contributed by atoms with Gasteiger partial charge in [0.05, 0.1) is 18.3 Å². The number of para-hydroxylation sites is 1. The average Bonchev–Trinajstić information content (AvgIpc) is 3.28. The smallest absolute Gasteiger partial charge is 0.318 e. The Morgan fingerprint density at radius 1 is 0.970 bits per heavy atom. The van der Waals surface area contributed by atoms with Crippen molar-refractivity contribution in [3.63, 3.8) is 0 Å². The molecule has 4 aromatic rings. The zero-order valence-corrected chi connectivity index (χ0v) is 19.7. The molecule has 1 aromatic heterocycles. The van der Waals surface area contributed by atoms with E-state index in [0.29, 0.717) is 13.1 Å². The van der Waals surface area contributed by atoms with Gasteiger partial charge in [-0.25, -0.2) is 4.79 Å². The Balaban J connectivity index is 1.54. The second-order valence-electron chi connectivity index (χ2n) is 8.38. The van der Waals surface area contributed by atoms with E-state index in [-0.39, 0.29) is 12.1 Å². The summed E-state index contributed by atoms with van der Waals surface area (Å²) in [5.41, 5.74) is 6.74. The van der Waals surface area contributed by atoms with Crippen molar-refractivity contribution in [2.45, 2.75) is 31.0 Å². The molecule has 0 unspecified atom stereocenters. The maximum Gasteiger partial charge on any atom is 0.318 e. The van der Waals surface area contributed by atoms with E-state index in [1.54, 1.807) is 11.8 Å². The van der Waals surface area contributed by atoms with Crippen molar-refractivity contribution < 1.29 is 4.79 Å². The lowest BCUT2D eigenvalue weighted by atomic mass is 10.0. The van der Waals surface area contributed by atoms with E-state index in [0.717, 1.165) is 28.1 Å². The summed E-state index contributed by atoms with van der Waals surface area (Å²) >= 11 is 1.72. The number of urea groups is 1. The maximum atomic E-state index is 13.6. The minimum Gasteiger partial charge on any atom is -0.334 e. The summed E-state index contributed by atoms with van der Waals surface area (Å²) in [5, 5.41) is 3.17. The van der Waals surface area contributed by atoms with Crippen molar-refractivity contribution in [2.75, 3.05) is 6.26 Å². The monoisotopic (exact) mass is 453 g/mol. The number of rotatable bonds is 4. The highest BCUT2D eigenvalue weighted by Crippen LogP contribution is 2.37. The van der Waals surface area contributed by atoms with E-state index in [4.69, 9.17) is 0 Å². The van der Waals surface area contributed by atoms with Gasteiger partial charge in [-0.3, -0.25) is 0 Å². The minimum atomic E-state index is -0.193. The lowest BCUT2D eigenvalue weighted by Gasteiger charge is -2.31. The molecule has 166 valence electrons. The van der Waals surface area contributed by atoms with Gasteiger partial charge in [0.2, 0.25) is 0 Å². The highest BCUT2D eigenvalue weighted by atomic mass is 32.2. The van der Waals surface area contributed by atoms with E-state index in [1.807, 2.05) is 11.0 Å². The first kappa shape index (κ1) is 21.4. The number of carbonyl (C=O) groups excluding carboxylic acids is 1. The first-order valence-corrected chi connectivity index (χ1v) is 12.4. The van der Waals surface area contributed by atoms with Crippen LogP contribution in [-0.2, 0) is 13.1 Å². The highest BCUT2D eigenvalue weighted by Gasteiger charge is 2.32. The van der Waals surface area contributed by atoms with E-state index in [1.165, 1.54) is 10.5 Å². The summed E-state index contributed by atoms with van der Waals surface area (Å²) in [4.78, 5) is 16.8. The number of nitrogens with zero attached hydrogens (tertiary/aromatic N) is 2. The van der Waals surface area contributed by atoms with Crippen LogP contribution in [0.2, 0.25) is 0 Å². The molecule has 0 spiro atoms. The molecule has 1 atom stereocenters. The summed E-state index contributed by atoms with van der Waals surface area (Å²) in [6.45, 7) is 3.10. The van der Waals surface area contributed by atoms with Gasteiger partial charge >= 0.3 is 6.03 Å². The first-order valence-electron chi connectivity index (χ1n) is 11.1. The number of amides is 2. The standard InChI is InChI=1S/C28H27N3OS/c1-20-9-11-21(12-10-20)18-29-28(32)31-19-23-6-3-4-7-25(23)30-17-5-8-26(30)27(31)22-13-15-24(33-2)16-14-22/h3-17,27H,18-19H2,1-2H3,(H,29,32)/t27-/m0/s1. The summed E-state index contributed by atoms with van der Waals surface area (Å²) < 4.78 is 2.22. The number of thioether (sulfide) groups is 1. The van der Waals surface area contributed by atoms with Crippen LogP contribution < -0.4 is 5.32 Å². The van der Waals surface area contributed by atoms with Crippen LogP contribution in [0.25, 0.3) is 5.69 Å². The fourth-order valence-electron chi connectivity index (χ4n) is 4.46. The van der Waals surface area contributed by atoms with Gasteiger partial charge in [-0.05, 0) is 60.2 Å². The largest absolute Gasteiger partial charge is 0.334 e. The van der Waals surface area contributed by atoms with Crippen molar-refractivity contribution in [2.24, 2.45) is 0 Å². The Labute approximate surface area is 199 Å². The third-order valence-electron chi connectivity index (χ3n) is 6.22. The number of hydrogen-bond acceptors (Lipinski definition) is 2. The molecule has 0 fully saturated rings. The second-order valence-corrected chi connectivity index (χ2v) is 9.26. The number of aromatic nitrogens is 1. The molecule has 1 aliphatic heterocycles. The zero-order valence-electron chi connectivity index (χ0n) is 18.9. The topological polar surface area (TPSA) is 37.3 Å². The first-order chi connectivity index (χ1) is 16.1. The number of fused-ring (bicyclic) bond motifs is 3. The predicted octanol–water partition coefficient (Wildman–Crippen LogP) is 6.32. The van der Waals surface area contributed by atoms with Crippen LogP contribution in [0.1, 0.15) is 34.0 Å². The molecule has 4 nitrogen and oxygen atoms in total. The Kier molecular flexibility index (Phi) is 5.97. The van der Waals surface area contributed by atoms with Crippen LogP contribution in [-0.4, -0.2) is 21.8 Å². The van der Waals surface area contributed by atoms with Crippen molar-refractivity contribution in [3.8, 4) is 5.69 Å². The molecule has 2 heterocycles. The third kappa shape index (κ3) is 4.29.